The number of nitrogens with zero attached hydrogens (tertiary/aromatic N) is 5. The van der Waals surface area contributed by atoms with E-state index in [2.05, 4.69) is 25.6 Å². The van der Waals surface area contributed by atoms with E-state index in [1.54, 1.807) is 11.8 Å². The van der Waals surface area contributed by atoms with Crippen LogP contribution in [0.2, 0.25) is 0 Å². The van der Waals surface area contributed by atoms with E-state index in [0.717, 1.165) is 35.1 Å². The van der Waals surface area contributed by atoms with Crippen LogP contribution in [0.1, 0.15) is 12.1 Å². The van der Waals surface area contributed by atoms with Crippen LogP contribution < -0.4 is 15.0 Å². The molecule has 32 heavy (non-hydrogen) atoms. The predicted molar refractivity (Wildman–Crippen MR) is 117 cm³/mol. The number of aromatic nitrogens is 5. The van der Waals surface area contributed by atoms with Gasteiger partial charge in [-0.05, 0) is 43.7 Å². The Balaban J connectivity index is 1.42. The molecule has 3 heterocycles. The second-order valence-electron chi connectivity index (χ2n) is 7.53. The Labute approximate surface area is 182 Å². The van der Waals surface area contributed by atoms with Gasteiger partial charge in [0.1, 0.15) is 5.75 Å². The van der Waals surface area contributed by atoms with Gasteiger partial charge in [0.25, 0.3) is 0 Å². The molecule has 0 fully saturated rings. The molecule has 0 bridgehead atoms. The van der Waals surface area contributed by atoms with Crippen LogP contribution in [-0.4, -0.2) is 38.6 Å². The second kappa shape index (κ2) is 7.95. The normalized spacial score (nSPS) is 13.2. The molecule has 0 spiro atoms. The fourth-order valence-electron chi connectivity index (χ4n) is 3.79. The van der Waals surface area contributed by atoms with E-state index in [4.69, 9.17) is 4.74 Å². The van der Waals surface area contributed by atoms with Crippen molar-refractivity contribution in [3.63, 3.8) is 0 Å². The molecule has 0 atom stereocenters. The number of rotatable bonds is 5. The van der Waals surface area contributed by atoms with Gasteiger partial charge in [-0.3, -0.25) is 5.10 Å². The molecule has 4 aromatic rings. The highest BCUT2D eigenvalue weighted by Gasteiger charge is 2.23. The molecule has 0 unspecified atom stereocenters. The highest BCUT2D eigenvalue weighted by Crippen LogP contribution is 2.34. The SMILES string of the molecule is COc1cc(Nc2nc3n(n2)CCCN3c2ccc(F)c(F)c2)ccc1-c1cc(C)n[nH]1. The van der Waals surface area contributed by atoms with Gasteiger partial charge in [0, 0.05) is 42.2 Å². The van der Waals surface area contributed by atoms with Gasteiger partial charge in [-0.25, -0.2) is 13.5 Å². The smallest absolute Gasteiger partial charge is 0.248 e. The molecule has 0 saturated carbocycles. The zero-order valence-corrected chi connectivity index (χ0v) is 17.6. The Hall–Kier alpha value is -3.95. The van der Waals surface area contributed by atoms with Crippen molar-refractivity contribution in [3.8, 4) is 17.0 Å². The Morgan fingerprint density at radius 2 is 1.94 bits per heavy atom. The van der Waals surface area contributed by atoms with Crippen molar-refractivity contribution >= 4 is 23.3 Å². The van der Waals surface area contributed by atoms with E-state index in [0.29, 0.717) is 36.4 Å². The predicted octanol–water partition coefficient (Wildman–Crippen LogP) is 4.55. The fourth-order valence-corrected chi connectivity index (χ4v) is 3.79. The number of benzene rings is 2. The van der Waals surface area contributed by atoms with Crippen LogP contribution >= 0.6 is 0 Å². The summed E-state index contributed by atoms with van der Waals surface area (Å²) in [6.07, 6.45) is 0.806. The molecule has 1 aliphatic heterocycles. The molecule has 164 valence electrons. The van der Waals surface area contributed by atoms with Gasteiger partial charge < -0.3 is 15.0 Å². The van der Waals surface area contributed by atoms with Gasteiger partial charge in [-0.2, -0.15) is 10.1 Å². The average molecular weight is 437 g/mol. The van der Waals surface area contributed by atoms with Gasteiger partial charge in [0.05, 0.1) is 18.5 Å². The zero-order valence-electron chi connectivity index (χ0n) is 17.6. The third-order valence-electron chi connectivity index (χ3n) is 5.31. The van der Waals surface area contributed by atoms with Crippen LogP contribution in [0.5, 0.6) is 5.75 Å². The van der Waals surface area contributed by atoms with Gasteiger partial charge in [-0.1, -0.05) is 0 Å². The maximum absolute atomic E-state index is 13.8. The summed E-state index contributed by atoms with van der Waals surface area (Å²) in [5.74, 6) is -0.122. The van der Waals surface area contributed by atoms with Crippen LogP contribution in [0.3, 0.4) is 0 Å². The molecular weight excluding hydrogens is 416 g/mol. The van der Waals surface area contributed by atoms with E-state index in [9.17, 15) is 8.78 Å². The number of halogens is 2. The third kappa shape index (κ3) is 3.64. The van der Waals surface area contributed by atoms with E-state index in [1.165, 1.54) is 12.1 Å². The largest absolute Gasteiger partial charge is 0.496 e. The summed E-state index contributed by atoms with van der Waals surface area (Å²) in [5.41, 5.74) is 3.93. The number of hydrogen-bond donors (Lipinski definition) is 2. The topological polar surface area (TPSA) is 83.9 Å². The summed E-state index contributed by atoms with van der Waals surface area (Å²) < 4.78 is 34.4. The summed E-state index contributed by atoms with van der Waals surface area (Å²) in [7, 11) is 1.61. The summed E-state index contributed by atoms with van der Waals surface area (Å²) >= 11 is 0. The number of nitrogens with one attached hydrogen (secondary N) is 2. The third-order valence-corrected chi connectivity index (χ3v) is 5.31. The number of ether oxygens (including phenoxy) is 1. The van der Waals surface area contributed by atoms with Crippen molar-refractivity contribution in [1.29, 1.82) is 0 Å². The quantitative estimate of drug-likeness (QED) is 0.477. The number of methoxy groups -OCH3 is 1. The molecule has 5 rings (SSSR count). The number of H-pyrrole nitrogens is 1. The molecule has 2 aromatic carbocycles. The monoisotopic (exact) mass is 437 g/mol. The molecule has 8 nitrogen and oxygen atoms in total. The van der Waals surface area contributed by atoms with Crippen molar-refractivity contribution in [1.82, 2.24) is 25.0 Å². The number of fused-ring (bicyclic) bond motifs is 1. The van der Waals surface area contributed by atoms with Crippen molar-refractivity contribution in [2.24, 2.45) is 0 Å². The summed E-state index contributed by atoms with van der Waals surface area (Å²) in [6, 6.07) is 11.5. The molecule has 0 aliphatic carbocycles. The molecule has 0 saturated heterocycles. The molecule has 2 N–H and O–H groups in total. The van der Waals surface area contributed by atoms with Gasteiger partial charge in [0.2, 0.25) is 11.9 Å². The standard InChI is InChI=1S/C22H21F2N7O/c1-13-10-19(28-27-13)16-6-4-14(11-20(16)32-2)25-21-26-22-30(8-3-9-31(22)29-21)15-5-7-17(23)18(24)12-15/h4-7,10-12H,3,8-9H2,1-2H3,(H,25,29)(H,27,28). The lowest BCUT2D eigenvalue weighted by Crippen LogP contribution is -2.28. The number of aryl methyl sites for hydroxylation is 2. The van der Waals surface area contributed by atoms with Crippen molar-refractivity contribution in [3.05, 3.63) is 59.8 Å². The van der Waals surface area contributed by atoms with Crippen molar-refractivity contribution in [2.45, 2.75) is 19.9 Å². The molecular formula is C22H21F2N7O. The first-order chi connectivity index (χ1) is 15.5. The van der Waals surface area contributed by atoms with Crippen LogP contribution in [0.4, 0.5) is 32.1 Å². The minimum absolute atomic E-state index is 0.404. The van der Waals surface area contributed by atoms with E-state index in [1.807, 2.05) is 36.1 Å². The first-order valence-electron chi connectivity index (χ1n) is 10.2. The second-order valence-corrected chi connectivity index (χ2v) is 7.53. The zero-order chi connectivity index (χ0) is 22.2. The minimum Gasteiger partial charge on any atom is -0.496 e. The van der Waals surface area contributed by atoms with Crippen LogP contribution in [0, 0.1) is 18.6 Å². The lowest BCUT2D eigenvalue weighted by atomic mass is 10.1. The number of aromatic amines is 1. The maximum atomic E-state index is 13.8. The first-order valence-corrected chi connectivity index (χ1v) is 10.2. The Morgan fingerprint density at radius 1 is 1.06 bits per heavy atom. The first kappa shape index (κ1) is 20.0. The number of anilines is 4. The summed E-state index contributed by atoms with van der Waals surface area (Å²) in [5, 5.41) is 14.9. The van der Waals surface area contributed by atoms with Crippen LogP contribution in [0.25, 0.3) is 11.3 Å². The summed E-state index contributed by atoms with van der Waals surface area (Å²) in [4.78, 5) is 6.42. The Kier molecular flexibility index (Phi) is 4.96. The fraction of sp³-hybridized carbons (Fsp3) is 0.227. The van der Waals surface area contributed by atoms with Gasteiger partial charge >= 0.3 is 0 Å². The molecule has 2 aromatic heterocycles. The lowest BCUT2D eigenvalue weighted by Gasteiger charge is -2.27. The van der Waals surface area contributed by atoms with Crippen LogP contribution in [0.15, 0.2) is 42.5 Å². The number of hydrogen-bond acceptors (Lipinski definition) is 6. The van der Waals surface area contributed by atoms with Gasteiger partial charge in [-0.15, -0.1) is 5.10 Å². The van der Waals surface area contributed by atoms with Crippen LogP contribution in [-0.2, 0) is 6.54 Å². The molecule has 1 aliphatic rings. The highest BCUT2D eigenvalue weighted by atomic mass is 19.2. The Morgan fingerprint density at radius 3 is 2.69 bits per heavy atom. The average Bonchev–Trinajstić information content (AvgIpc) is 3.41. The highest BCUT2D eigenvalue weighted by molar-refractivity contribution is 5.72. The van der Waals surface area contributed by atoms with E-state index < -0.39 is 11.6 Å². The maximum Gasteiger partial charge on any atom is 0.248 e. The Bertz CT molecular complexity index is 1280. The van der Waals surface area contributed by atoms with E-state index >= 15 is 0 Å². The lowest BCUT2D eigenvalue weighted by molar-refractivity contribution is 0.416. The van der Waals surface area contributed by atoms with E-state index in [-0.39, 0.29) is 0 Å². The van der Waals surface area contributed by atoms with Crippen molar-refractivity contribution in [2.75, 3.05) is 23.9 Å². The minimum atomic E-state index is -0.892. The molecule has 10 heteroatoms. The molecule has 0 radical (unpaired) electrons. The van der Waals surface area contributed by atoms with Crippen molar-refractivity contribution < 1.29 is 13.5 Å². The summed E-state index contributed by atoms with van der Waals surface area (Å²) in [6.45, 7) is 3.24. The van der Waals surface area contributed by atoms with Gasteiger partial charge in [0.15, 0.2) is 11.6 Å². The molecule has 0 amide bonds.